The van der Waals surface area contributed by atoms with Gasteiger partial charge in [0.25, 0.3) is 0 Å². The second-order valence-electron chi connectivity index (χ2n) is 8.25. The number of nitrogens with zero attached hydrogens (tertiary/aromatic N) is 2. The van der Waals surface area contributed by atoms with E-state index in [1.807, 2.05) is 18.2 Å². The van der Waals surface area contributed by atoms with Gasteiger partial charge in [0.15, 0.2) is 0 Å². The number of anilines is 2. The second kappa shape index (κ2) is 9.82. The smallest absolute Gasteiger partial charge is 0.407 e. The van der Waals surface area contributed by atoms with Crippen molar-refractivity contribution in [3.05, 3.63) is 47.5 Å². The number of ether oxygens (including phenoxy) is 1. The van der Waals surface area contributed by atoms with Gasteiger partial charge in [-0.05, 0) is 57.5 Å². The van der Waals surface area contributed by atoms with Crippen molar-refractivity contribution in [3.63, 3.8) is 0 Å². The van der Waals surface area contributed by atoms with Crippen molar-refractivity contribution in [2.24, 2.45) is 0 Å². The molecule has 2 aromatic carbocycles. The minimum atomic E-state index is -0.558. The minimum absolute atomic E-state index is 0.154. The predicted octanol–water partition coefficient (Wildman–Crippen LogP) is 4.78. The van der Waals surface area contributed by atoms with Gasteiger partial charge < -0.3 is 21.1 Å². The molecule has 0 saturated carbocycles. The standard InChI is InChI=1S/C23H26ClN5O3/c1-23(2,3)32-22(31)26-11-5-8-19(30)27-16-7-4-6-14(12-16)20-17-13-15(24)9-10-18(17)28-21(25)29-20/h4,6-7,9-10,12-13H,5,8,11H2,1-3H3,(H,26,31)(H,27,30)(H2,25,28,29). The Morgan fingerprint density at radius 1 is 1.12 bits per heavy atom. The van der Waals surface area contributed by atoms with Crippen LogP contribution in [0.2, 0.25) is 5.02 Å². The molecule has 4 N–H and O–H groups in total. The van der Waals surface area contributed by atoms with Crippen LogP contribution in [0.5, 0.6) is 0 Å². The molecule has 2 amide bonds. The summed E-state index contributed by atoms with van der Waals surface area (Å²) in [6, 6.07) is 12.6. The summed E-state index contributed by atoms with van der Waals surface area (Å²) in [7, 11) is 0. The number of nitrogens with one attached hydrogen (secondary N) is 2. The minimum Gasteiger partial charge on any atom is -0.444 e. The van der Waals surface area contributed by atoms with E-state index in [1.165, 1.54) is 0 Å². The molecule has 0 aliphatic heterocycles. The van der Waals surface area contributed by atoms with Crippen molar-refractivity contribution in [1.29, 1.82) is 0 Å². The largest absolute Gasteiger partial charge is 0.444 e. The Morgan fingerprint density at radius 2 is 1.91 bits per heavy atom. The lowest BCUT2D eigenvalue weighted by Gasteiger charge is -2.19. The van der Waals surface area contributed by atoms with Crippen LogP contribution in [-0.4, -0.2) is 34.1 Å². The Kier molecular flexibility index (Phi) is 7.15. The summed E-state index contributed by atoms with van der Waals surface area (Å²) in [6.07, 6.45) is 0.233. The van der Waals surface area contributed by atoms with E-state index in [-0.39, 0.29) is 18.3 Å². The number of benzene rings is 2. The molecule has 168 valence electrons. The first-order valence-corrected chi connectivity index (χ1v) is 10.6. The molecule has 0 saturated heterocycles. The molecule has 8 nitrogen and oxygen atoms in total. The molecule has 9 heteroatoms. The van der Waals surface area contributed by atoms with Gasteiger partial charge in [-0.1, -0.05) is 23.7 Å². The summed E-state index contributed by atoms with van der Waals surface area (Å²) < 4.78 is 5.16. The quantitative estimate of drug-likeness (QED) is 0.460. The molecule has 3 aromatic rings. The summed E-state index contributed by atoms with van der Waals surface area (Å²) in [5, 5.41) is 6.84. The lowest BCUT2D eigenvalue weighted by Crippen LogP contribution is -2.33. The van der Waals surface area contributed by atoms with Gasteiger partial charge in [0.2, 0.25) is 11.9 Å². The average molecular weight is 456 g/mol. The molecule has 1 heterocycles. The van der Waals surface area contributed by atoms with Gasteiger partial charge in [-0.25, -0.2) is 14.8 Å². The summed E-state index contributed by atoms with van der Waals surface area (Å²) >= 11 is 6.15. The lowest BCUT2D eigenvalue weighted by atomic mass is 10.1. The molecule has 0 fully saturated rings. The third-order valence-corrected chi connectivity index (χ3v) is 4.58. The summed E-state index contributed by atoms with van der Waals surface area (Å²) in [4.78, 5) is 32.6. The Labute approximate surface area is 191 Å². The third kappa shape index (κ3) is 6.55. The number of carbonyl (C=O) groups is 2. The first-order chi connectivity index (χ1) is 15.1. The molecular formula is C23H26ClN5O3. The zero-order chi connectivity index (χ0) is 23.3. The summed E-state index contributed by atoms with van der Waals surface area (Å²) in [5.74, 6) is -0.00927. The van der Waals surface area contributed by atoms with Crippen LogP contribution < -0.4 is 16.4 Å². The fourth-order valence-corrected chi connectivity index (χ4v) is 3.23. The molecule has 0 spiro atoms. The molecule has 0 aliphatic rings. The first-order valence-electron chi connectivity index (χ1n) is 10.2. The van der Waals surface area contributed by atoms with Crippen molar-refractivity contribution in [2.75, 3.05) is 17.6 Å². The van der Waals surface area contributed by atoms with Crippen LogP contribution in [0.25, 0.3) is 22.2 Å². The number of hydrogen-bond donors (Lipinski definition) is 3. The van der Waals surface area contributed by atoms with E-state index in [0.29, 0.717) is 34.9 Å². The summed E-state index contributed by atoms with van der Waals surface area (Å²) in [6.45, 7) is 5.72. The zero-order valence-corrected chi connectivity index (χ0v) is 19.0. The Bertz CT molecular complexity index is 1140. The SMILES string of the molecule is CC(C)(C)OC(=O)NCCCC(=O)Nc1cccc(-c2nc(N)nc3ccc(Cl)cc23)c1. The van der Waals surface area contributed by atoms with Crippen LogP contribution >= 0.6 is 11.6 Å². The molecule has 3 rings (SSSR count). The molecule has 0 aliphatic carbocycles. The van der Waals surface area contributed by atoms with Gasteiger partial charge in [0.05, 0.1) is 11.2 Å². The number of halogens is 1. The number of nitrogens with two attached hydrogens (primary N) is 1. The van der Waals surface area contributed by atoms with E-state index in [9.17, 15) is 9.59 Å². The van der Waals surface area contributed by atoms with E-state index >= 15 is 0 Å². The van der Waals surface area contributed by atoms with Gasteiger partial charge in [0, 0.05) is 34.6 Å². The van der Waals surface area contributed by atoms with E-state index in [0.717, 1.165) is 10.9 Å². The van der Waals surface area contributed by atoms with Crippen molar-refractivity contribution in [2.45, 2.75) is 39.2 Å². The Balaban J connectivity index is 1.64. The van der Waals surface area contributed by atoms with E-state index in [1.54, 1.807) is 45.0 Å². The zero-order valence-electron chi connectivity index (χ0n) is 18.2. The summed E-state index contributed by atoms with van der Waals surface area (Å²) in [5.41, 5.74) is 8.04. The normalized spacial score (nSPS) is 11.2. The fraction of sp³-hybridized carbons (Fsp3) is 0.304. The number of alkyl carbamates (subject to hydrolysis) is 1. The van der Waals surface area contributed by atoms with Crippen LogP contribution in [0.3, 0.4) is 0 Å². The maximum atomic E-state index is 12.3. The molecule has 0 radical (unpaired) electrons. The number of nitrogen functional groups attached to an aromatic ring is 1. The number of fused-ring (bicyclic) bond motifs is 1. The fourth-order valence-electron chi connectivity index (χ4n) is 3.06. The van der Waals surface area contributed by atoms with Crippen LogP contribution in [-0.2, 0) is 9.53 Å². The van der Waals surface area contributed by atoms with Gasteiger partial charge in [-0.2, -0.15) is 0 Å². The maximum Gasteiger partial charge on any atom is 0.407 e. The highest BCUT2D eigenvalue weighted by molar-refractivity contribution is 6.31. The van der Waals surface area contributed by atoms with Gasteiger partial charge in [-0.3, -0.25) is 4.79 Å². The number of rotatable bonds is 6. The Morgan fingerprint density at radius 3 is 2.66 bits per heavy atom. The number of aromatic nitrogens is 2. The average Bonchev–Trinajstić information content (AvgIpc) is 2.70. The highest BCUT2D eigenvalue weighted by Crippen LogP contribution is 2.30. The highest BCUT2D eigenvalue weighted by atomic mass is 35.5. The number of carbonyl (C=O) groups excluding carboxylic acids is 2. The van der Waals surface area contributed by atoms with Crippen molar-refractivity contribution >= 4 is 46.1 Å². The van der Waals surface area contributed by atoms with Crippen molar-refractivity contribution in [3.8, 4) is 11.3 Å². The van der Waals surface area contributed by atoms with Gasteiger partial charge in [0.1, 0.15) is 5.60 Å². The van der Waals surface area contributed by atoms with E-state index in [2.05, 4.69) is 20.6 Å². The van der Waals surface area contributed by atoms with Crippen LogP contribution in [0.1, 0.15) is 33.6 Å². The lowest BCUT2D eigenvalue weighted by molar-refractivity contribution is -0.116. The third-order valence-electron chi connectivity index (χ3n) is 4.34. The molecular weight excluding hydrogens is 430 g/mol. The molecule has 0 bridgehead atoms. The number of amides is 2. The second-order valence-corrected chi connectivity index (χ2v) is 8.69. The molecule has 0 atom stereocenters. The van der Waals surface area contributed by atoms with E-state index in [4.69, 9.17) is 22.1 Å². The Hall–Kier alpha value is -3.39. The predicted molar refractivity (Wildman–Crippen MR) is 126 cm³/mol. The van der Waals surface area contributed by atoms with Crippen LogP contribution in [0, 0.1) is 0 Å². The van der Waals surface area contributed by atoms with Crippen molar-refractivity contribution < 1.29 is 14.3 Å². The van der Waals surface area contributed by atoms with Gasteiger partial charge in [-0.15, -0.1) is 0 Å². The number of hydrogen-bond acceptors (Lipinski definition) is 6. The van der Waals surface area contributed by atoms with Crippen LogP contribution in [0.4, 0.5) is 16.4 Å². The monoisotopic (exact) mass is 455 g/mol. The van der Waals surface area contributed by atoms with Crippen LogP contribution in [0.15, 0.2) is 42.5 Å². The highest BCUT2D eigenvalue weighted by Gasteiger charge is 2.15. The molecule has 1 aromatic heterocycles. The molecule has 0 unspecified atom stereocenters. The van der Waals surface area contributed by atoms with Crippen molar-refractivity contribution in [1.82, 2.24) is 15.3 Å². The van der Waals surface area contributed by atoms with E-state index < -0.39 is 11.7 Å². The molecule has 32 heavy (non-hydrogen) atoms. The first kappa shape index (κ1) is 23.3. The topological polar surface area (TPSA) is 119 Å². The van der Waals surface area contributed by atoms with Gasteiger partial charge >= 0.3 is 6.09 Å². The maximum absolute atomic E-state index is 12.3.